The van der Waals surface area contributed by atoms with Crippen molar-refractivity contribution in [1.82, 2.24) is 10.1 Å². The average molecular weight is 607 g/mol. The lowest BCUT2D eigenvalue weighted by Crippen LogP contribution is -2.45. The van der Waals surface area contributed by atoms with Gasteiger partial charge in [-0.3, -0.25) is 4.79 Å². The number of hydrogen-bond acceptors (Lipinski definition) is 10. The highest BCUT2D eigenvalue weighted by Crippen LogP contribution is 2.37. The number of fused-ring (bicyclic) bond motifs is 1. The van der Waals surface area contributed by atoms with Crippen LogP contribution in [0.15, 0.2) is 45.8 Å². The molecule has 0 aliphatic carbocycles. The van der Waals surface area contributed by atoms with Crippen LogP contribution in [0.2, 0.25) is 0 Å². The molecule has 0 saturated heterocycles. The number of carbonyl (C=O) groups excluding carboxylic acids is 1. The highest BCUT2D eigenvalue weighted by atomic mass is 32.2. The van der Waals surface area contributed by atoms with Gasteiger partial charge in [-0.05, 0) is 43.7 Å². The fourth-order valence-corrected chi connectivity index (χ4v) is 5.74. The number of alkyl halides is 3. The maximum Gasteiger partial charge on any atom is 0.573 e. The van der Waals surface area contributed by atoms with Crippen LogP contribution in [0.4, 0.5) is 23.2 Å². The van der Waals surface area contributed by atoms with Crippen molar-refractivity contribution < 1.29 is 48.5 Å². The van der Waals surface area contributed by atoms with Gasteiger partial charge in [0.25, 0.3) is 0 Å². The summed E-state index contributed by atoms with van der Waals surface area (Å²) in [6.45, 7) is 2.24. The van der Waals surface area contributed by atoms with Gasteiger partial charge in [-0.25, -0.2) is 21.2 Å². The van der Waals surface area contributed by atoms with Crippen LogP contribution in [0.3, 0.4) is 0 Å². The van der Waals surface area contributed by atoms with Gasteiger partial charge in [-0.15, -0.1) is 13.2 Å². The Bertz CT molecular complexity index is 1690. The molecule has 17 heteroatoms. The van der Waals surface area contributed by atoms with Crippen LogP contribution in [0.25, 0.3) is 11.4 Å². The molecular weight excluding hydrogens is 584 g/mol. The minimum Gasteiger partial charge on any atom is -0.406 e. The first-order chi connectivity index (χ1) is 18.3. The highest BCUT2D eigenvalue weighted by Gasteiger charge is 2.40. The Morgan fingerprint density at radius 3 is 2.38 bits per heavy atom. The quantitative estimate of drug-likeness (QED) is 0.413. The largest absolute Gasteiger partial charge is 0.573 e. The van der Waals surface area contributed by atoms with Crippen molar-refractivity contribution in [2.45, 2.75) is 42.4 Å². The molecule has 40 heavy (non-hydrogen) atoms. The molecule has 2 aromatic carbocycles. The van der Waals surface area contributed by atoms with Gasteiger partial charge in [0.1, 0.15) is 16.3 Å². The predicted molar refractivity (Wildman–Crippen MR) is 132 cm³/mol. The molecule has 11 nitrogen and oxygen atoms in total. The smallest absolute Gasteiger partial charge is 0.406 e. The molecule has 0 fully saturated rings. The number of amides is 1. The zero-order valence-corrected chi connectivity index (χ0v) is 22.7. The lowest BCUT2D eigenvalue weighted by Gasteiger charge is -2.25. The second kappa shape index (κ2) is 9.81. The van der Waals surface area contributed by atoms with E-state index >= 15 is 4.39 Å². The number of sulfone groups is 2. The Balaban J connectivity index is 1.82. The van der Waals surface area contributed by atoms with Gasteiger partial charge in [0.2, 0.25) is 17.6 Å². The van der Waals surface area contributed by atoms with Crippen LogP contribution in [0, 0.1) is 5.82 Å². The number of rotatable bonds is 6. The number of halogens is 4. The number of carbonyl (C=O) groups is 1. The van der Waals surface area contributed by atoms with Crippen LogP contribution in [-0.4, -0.2) is 57.3 Å². The number of ether oxygens (including phenoxy) is 1. The van der Waals surface area contributed by atoms with E-state index in [1.807, 2.05) is 0 Å². The Labute approximate surface area is 225 Å². The van der Waals surface area contributed by atoms with E-state index in [0.29, 0.717) is 6.07 Å². The molecule has 1 aromatic heterocycles. The Kier molecular flexibility index (Phi) is 7.21. The third-order valence-electron chi connectivity index (χ3n) is 6.26. The summed E-state index contributed by atoms with van der Waals surface area (Å²) in [5, 5.41) is 3.64. The van der Waals surface area contributed by atoms with E-state index in [9.17, 15) is 34.8 Å². The predicted octanol–water partition coefficient (Wildman–Crippen LogP) is 2.70. The first-order valence-corrected chi connectivity index (χ1v) is 14.9. The Morgan fingerprint density at radius 1 is 1.18 bits per heavy atom. The maximum atomic E-state index is 15.3. The second-order valence-corrected chi connectivity index (χ2v) is 14.1. The zero-order chi connectivity index (χ0) is 29.8. The van der Waals surface area contributed by atoms with Gasteiger partial charge < -0.3 is 19.9 Å². The summed E-state index contributed by atoms with van der Waals surface area (Å²) >= 11 is 0. The highest BCUT2D eigenvalue weighted by molar-refractivity contribution is 7.92. The number of aromatic nitrogens is 2. The molecule has 0 unspecified atom stereocenters. The monoisotopic (exact) mass is 606 g/mol. The molecule has 1 atom stereocenters. The first-order valence-electron chi connectivity index (χ1n) is 11.3. The van der Waals surface area contributed by atoms with E-state index < -0.39 is 76.3 Å². The van der Waals surface area contributed by atoms with Gasteiger partial charge in [0.05, 0.1) is 34.5 Å². The minimum absolute atomic E-state index is 0.267. The third-order valence-corrected chi connectivity index (χ3v) is 10.1. The standard InChI is InChI=1S/C23H22F4N4O7S2/c1-22(2,39(3,33)34)21-29-19(30-38-21)14-8-17-18(9-15(14)24)40(35,36)11-16(28)20(32)31(17)10-12-4-6-13(7-5-12)37-23(25,26)27/h4-9,16H,10-11,28H2,1-3H3/t16-/m0/s1. The molecular formula is C23H22F4N4O7S2. The first kappa shape index (κ1) is 29.4. The van der Waals surface area contributed by atoms with Gasteiger partial charge in [-0.1, -0.05) is 17.3 Å². The third kappa shape index (κ3) is 5.66. The van der Waals surface area contributed by atoms with Crippen LogP contribution in [-0.2, 0) is 35.8 Å². The number of hydrogen-bond donors (Lipinski definition) is 1. The lowest BCUT2D eigenvalue weighted by atomic mass is 10.1. The van der Waals surface area contributed by atoms with E-state index in [1.54, 1.807) is 0 Å². The normalized spacial score (nSPS) is 17.9. The molecule has 1 aliphatic heterocycles. The Morgan fingerprint density at radius 2 is 1.80 bits per heavy atom. The number of anilines is 1. The van der Waals surface area contributed by atoms with Crippen molar-refractivity contribution >= 4 is 31.3 Å². The maximum absolute atomic E-state index is 15.3. The molecule has 0 radical (unpaired) electrons. The molecule has 0 bridgehead atoms. The van der Waals surface area contributed by atoms with Crippen molar-refractivity contribution in [1.29, 1.82) is 0 Å². The fourth-order valence-electron chi connectivity index (χ4n) is 3.77. The van der Waals surface area contributed by atoms with E-state index in [1.165, 1.54) is 26.0 Å². The van der Waals surface area contributed by atoms with Gasteiger partial charge >= 0.3 is 6.36 Å². The van der Waals surface area contributed by atoms with E-state index in [0.717, 1.165) is 29.4 Å². The molecule has 3 aromatic rings. The number of nitrogens with zero attached hydrogens (tertiary/aromatic N) is 3. The van der Waals surface area contributed by atoms with Crippen LogP contribution in [0.1, 0.15) is 25.3 Å². The molecule has 4 rings (SSSR count). The van der Waals surface area contributed by atoms with Crippen LogP contribution in [0.5, 0.6) is 5.75 Å². The van der Waals surface area contributed by atoms with Crippen molar-refractivity contribution in [3.05, 3.63) is 53.7 Å². The van der Waals surface area contributed by atoms with Gasteiger partial charge in [0, 0.05) is 6.26 Å². The number of nitrogens with two attached hydrogens (primary N) is 1. The molecule has 1 amide bonds. The van der Waals surface area contributed by atoms with Crippen LogP contribution >= 0.6 is 0 Å². The molecule has 2 N–H and O–H groups in total. The van der Waals surface area contributed by atoms with Crippen LogP contribution < -0.4 is 15.4 Å². The summed E-state index contributed by atoms with van der Waals surface area (Å²) in [7, 11) is -8.03. The molecule has 2 heterocycles. The Hall–Kier alpha value is -3.57. The summed E-state index contributed by atoms with van der Waals surface area (Å²) in [6, 6.07) is 4.57. The van der Waals surface area contributed by atoms with E-state index in [4.69, 9.17) is 10.3 Å². The summed E-state index contributed by atoms with van der Waals surface area (Å²) in [6.07, 6.45) is -3.98. The zero-order valence-electron chi connectivity index (χ0n) is 21.1. The van der Waals surface area contributed by atoms with E-state index in [2.05, 4.69) is 14.9 Å². The van der Waals surface area contributed by atoms with Crippen molar-refractivity contribution in [2.75, 3.05) is 16.9 Å². The summed E-state index contributed by atoms with van der Waals surface area (Å²) in [4.78, 5) is 17.6. The topological polar surface area (TPSA) is 163 Å². The fraction of sp³-hybridized carbons (Fsp3) is 0.348. The van der Waals surface area contributed by atoms with Crippen molar-refractivity contribution in [3.63, 3.8) is 0 Å². The van der Waals surface area contributed by atoms with Crippen molar-refractivity contribution in [3.8, 4) is 17.1 Å². The second-order valence-electron chi connectivity index (χ2n) is 9.51. The van der Waals surface area contributed by atoms with Crippen molar-refractivity contribution in [2.24, 2.45) is 5.73 Å². The molecule has 216 valence electrons. The van der Waals surface area contributed by atoms with Gasteiger partial charge in [0.15, 0.2) is 19.7 Å². The van der Waals surface area contributed by atoms with Gasteiger partial charge in [-0.2, -0.15) is 4.98 Å². The SMILES string of the molecule is CC(C)(c1nc(-c2cc3c(cc2F)S(=O)(=O)C[C@H](N)C(=O)N3Cc2ccc(OC(F)(F)F)cc2)no1)S(C)(=O)=O. The summed E-state index contributed by atoms with van der Waals surface area (Å²) in [5.41, 5.74) is 5.41. The molecule has 0 saturated carbocycles. The molecule has 1 aliphatic rings. The van der Waals surface area contributed by atoms with E-state index in [-0.39, 0.29) is 23.7 Å². The average Bonchev–Trinajstić information content (AvgIpc) is 3.30. The number of benzene rings is 2. The molecule has 0 spiro atoms. The lowest BCUT2D eigenvalue weighted by molar-refractivity contribution is -0.274. The summed E-state index contributed by atoms with van der Waals surface area (Å²) in [5.74, 6) is -4.10. The minimum atomic E-state index is -4.92. The summed E-state index contributed by atoms with van der Waals surface area (Å²) < 4.78 is 110.